The van der Waals surface area contributed by atoms with Crippen molar-refractivity contribution in [2.45, 2.75) is 54.0 Å². The topological polar surface area (TPSA) is 75.1 Å². The molecular formula is C22H39N3O3. The molecular weight excluding hydrogens is 354 g/mol. The van der Waals surface area contributed by atoms with Crippen LogP contribution < -0.4 is 15.4 Å². The lowest BCUT2D eigenvalue weighted by Gasteiger charge is -2.30. The Morgan fingerprint density at radius 1 is 1.11 bits per heavy atom. The second-order valence-corrected chi connectivity index (χ2v) is 7.07. The van der Waals surface area contributed by atoms with Crippen LogP contribution in [0.1, 0.15) is 51.7 Å². The molecule has 0 saturated heterocycles. The number of hydrogen-bond acceptors (Lipinski definition) is 4. The molecule has 0 saturated carbocycles. The van der Waals surface area contributed by atoms with Crippen LogP contribution in [0.4, 0.5) is 0 Å². The van der Waals surface area contributed by atoms with Crippen molar-refractivity contribution in [3.05, 3.63) is 29.3 Å². The molecule has 0 atom stereocenters. The summed E-state index contributed by atoms with van der Waals surface area (Å²) in [5, 5.41) is 16.5. The highest BCUT2D eigenvalue weighted by Gasteiger charge is 2.25. The third kappa shape index (κ3) is 8.07. The molecule has 0 bridgehead atoms. The van der Waals surface area contributed by atoms with Gasteiger partial charge in [0.1, 0.15) is 12.4 Å². The van der Waals surface area contributed by atoms with Gasteiger partial charge in [0.15, 0.2) is 5.96 Å². The Kier molecular flexibility index (Phi) is 11.6. The quantitative estimate of drug-likeness (QED) is 0.272. The van der Waals surface area contributed by atoms with Crippen molar-refractivity contribution < 1.29 is 14.6 Å². The first-order chi connectivity index (χ1) is 13.5. The normalized spacial score (nSPS) is 12.1. The molecule has 0 aliphatic heterocycles. The lowest BCUT2D eigenvalue weighted by molar-refractivity contribution is 0.110. The molecule has 3 N–H and O–H groups in total. The van der Waals surface area contributed by atoms with Crippen LogP contribution in [0.25, 0.3) is 0 Å². The second kappa shape index (κ2) is 13.4. The summed E-state index contributed by atoms with van der Waals surface area (Å²) in [6, 6.07) is 6.18. The highest BCUT2D eigenvalue weighted by atomic mass is 16.5. The summed E-state index contributed by atoms with van der Waals surface area (Å²) in [6.45, 7) is 14.3. The van der Waals surface area contributed by atoms with E-state index in [1.54, 1.807) is 0 Å². The molecule has 160 valence electrons. The molecule has 0 spiro atoms. The maximum Gasteiger partial charge on any atom is 0.191 e. The van der Waals surface area contributed by atoms with Crippen molar-refractivity contribution >= 4 is 5.96 Å². The average molecular weight is 394 g/mol. The van der Waals surface area contributed by atoms with Gasteiger partial charge in [0.25, 0.3) is 0 Å². The van der Waals surface area contributed by atoms with Gasteiger partial charge >= 0.3 is 0 Å². The van der Waals surface area contributed by atoms with Gasteiger partial charge in [0.2, 0.25) is 0 Å². The van der Waals surface area contributed by atoms with Crippen molar-refractivity contribution in [3.63, 3.8) is 0 Å². The van der Waals surface area contributed by atoms with Gasteiger partial charge in [-0.1, -0.05) is 26.0 Å². The number of guanidine groups is 1. The third-order valence-corrected chi connectivity index (χ3v) is 5.13. The maximum absolute atomic E-state index is 9.78. The number of rotatable bonds is 13. The zero-order valence-electron chi connectivity index (χ0n) is 18.3. The van der Waals surface area contributed by atoms with E-state index in [0.717, 1.165) is 42.2 Å². The van der Waals surface area contributed by atoms with E-state index < -0.39 is 0 Å². The van der Waals surface area contributed by atoms with E-state index >= 15 is 0 Å². The molecule has 1 rings (SSSR count). The van der Waals surface area contributed by atoms with E-state index in [4.69, 9.17) is 14.5 Å². The lowest BCUT2D eigenvalue weighted by atomic mass is 9.83. The van der Waals surface area contributed by atoms with Gasteiger partial charge in [-0.15, -0.1) is 0 Å². The number of hydrogen-bond donors (Lipinski definition) is 3. The minimum absolute atomic E-state index is 0.117. The predicted molar refractivity (Wildman–Crippen MR) is 116 cm³/mol. The summed E-state index contributed by atoms with van der Waals surface area (Å²) in [6.07, 6.45) is 1.84. The van der Waals surface area contributed by atoms with Crippen LogP contribution in [0, 0.1) is 12.3 Å². The fraction of sp³-hybridized carbons (Fsp3) is 0.682. The lowest BCUT2D eigenvalue weighted by Crippen LogP contribution is -2.44. The first kappa shape index (κ1) is 24.2. The number of nitrogens with one attached hydrogen (secondary N) is 2. The number of aliphatic hydroxyl groups excluding tert-OH is 1. The average Bonchev–Trinajstić information content (AvgIpc) is 2.71. The Hall–Kier alpha value is -1.79. The van der Waals surface area contributed by atoms with Gasteiger partial charge in [-0.3, -0.25) is 0 Å². The van der Waals surface area contributed by atoms with Gasteiger partial charge in [-0.2, -0.15) is 0 Å². The predicted octanol–water partition coefficient (Wildman–Crippen LogP) is 3.26. The number of nitrogens with zero attached hydrogens (tertiary/aromatic N) is 1. The number of ether oxygens (including phenoxy) is 2. The van der Waals surface area contributed by atoms with Crippen LogP contribution in [0.15, 0.2) is 23.2 Å². The van der Waals surface area contributed by atoms with Gasteiger partial charge in [-0.25, -0.2) is 4.99 Å². The molecule has 0 amide bonds. The standard InChI is InChI=1S/C22H39N3O3/c1-6-22(7-2,17-26)16-25-21(23-8-3)24-15-19-11-10-18(5)14-20(19)28-13-12-27-9-4/h10-11,14,26H,6-9,12-13,15-17H2,1-5H3,(H2,23,24,25). The van der Waals surface area contributed by atoms with Gasteiger partial charge < -0.3 is 25.2 Å². The first-order valence-electron chi connectivity index (χ1n) is 10.5. The van der Waals surface area contributed by atoms with Crippen molar-refractivity contribution in [2.75, 3.05) is 39.5 Å². The van der Waals surface area contributed by atoms with E-state index in [-0.39, 0.29) is 12.0 Å². The largest absolute Gasteiger partial charge is 0.491 e. The SMILES string of the molecule is CCNC(=NCc1ccc(C)cc1OCCOCC)NCC(CC)(CC)CO. The molecule has 0 aromatic heterocycles. The second-order valence-electron chi connectivity index (χ2n) is 7.07. The highest BCUT2D eigenvalue weighted by Crippen LogP contribution is 2.24. The number of aliphatic imine (C=N–C) groups is 1. The molecule has 6 heteroatoms. The fourth-order valence-electron chi connectivity index (χ4n) is 2.84. The van der Waals surface area contributed by atoms with Crippen LogP contribution in [0.2, 0.25) is 0 Å². The van der Waals surface area contributed by atoms with Crippen LogP contribution in [-0.2, 0) is 11.3 Å². The summed E-state index contributed by atoms with van der Waals surface area (Å²) in [7, 11) is 0. The summed E-state index contributed by atoms with van der Waals surface area (Å²) >= 11 is 0. The van der Waals surface area contributed by atoms with Crippen molar-refractivity contribution in [2.24, 2.45) is 10.4 Å². The Balaban J connectivity index is 2.83. The molecule has 0 radical (unpaired) electrons. The third-order valence-electron chi connectivity index (χ3n) is 5.13. The summed E-state index contributed by atoms with van der Waals surface area (Å²) < 4.78 is 11.3. The molecule has 0 unspecified atom stereocenters. The summed E-state index contributed by atoms with van der Waals surface area (Å²) in [4.78, 5) is 4.73. The van der Waals surface area contributed by atoms with Crippen LogP contribution in [0.3, 0.4) is 0 Å². The molecule has 0 aliphatic rings. The Morgan fingerprint density at radius 3 is 2.46 bits per heavy atom. The van der Waals surface area contributed by atoms with Crippen molar-refractivity contribution in [1.29, 1.82) is 0 Å². The molecule has 1 aromatic carbocycles. The smallest absolute Gasteiger partial charge is 0.191 e. The number of benzene rings is 1. The minimum atomic E-state index is -0.117. The van der Waals surface area contributed by atoms with E-state index in [0.29, 0.717) is 32.9 Å². The highest BCUT2D eigenvalue weighted by molar-refractivity contribution is 5.79. The Labute approximate surface area is 170 Å². The number of aliphatic hydroxyl groups is 1. The zero-order chi connectivity index (χ0) is 20.8. The van der Waals surface area contributed by atoms with Crippen molar-refractivity contribution in [3.8, 4) is 5.75 Å². The van der Waals surface area contributed by atoms with Gasteiger partial charge in [-0.05, 0) is 45.2 Å². The van der Waals surface area contributed by atoms with Crippen LogP contribution in [0.5, 0.6) is 5.75 Å². The molecule has 0 fully saturated rings. The molecule has 0 aliphatic carbocycles. The van der Waals surface area contributed by atoms with E-state index in [9.17, 15) is 5.11 Å². The van der Waals surface area contributed by atoms with E-state index in [2.05, 4.69) is 43.5 Å². The summed E-state index contributed by atoms with van der Waals surface area (Å²) in [5.74, 6) is 1.61. The zero-order valence-corrected chi connectivity index (χ0v) is 18.3. The maximum atomic E-state index is 9.78. The van der Waals surface area contributed by atoms with E-state index in [1.165, 1.54) is 0 Å². The molecule has 0 heterocycles. The minimum Gasteiger partial charge on any atom is -0.491 e. The fourth-order valence-corrected chi connectivity index (χ4v) is 2.84. The van der Waals surface area contributed by atoms with Gasteiger partial charge in [0, 0.05) is 30.7 Å². The van der Waals surface area contributed by atoms with E-state index in [1.807, 2.05) is 19.9 Å². The Bertz CT molecular complexity index is 578. The van der Waals surface area contributed by atoms with Crippen molar-refractivity contribution in [1.82, 2.24) is 10.6 Å². The molecule has 28 heavy (non-hydrogen) atoms. The monoisotopic (exact) mass is 393 g/mol. The van der Waals surface area contributed by atoms with Gasteiger partial charge in [0.05, 0.1) is 19.8 Å². The Morgan fingerprint density at radius 2 is 1.86 bits per heavy atom. The molecule has 6 nitrogen and oxygen atoms in total. The summed E-state index contributed by atoms with van der Waals surface area (Å²) in [5.41, 5.74) is 2.08. The first-order valence-corrected chi connectivity index (χ1v) is 10.5. The van der Waals surface area contributed by atoms with Crippen LogP contribution >= 0.6 is 0 Å². The number of aryl methyl sites for hydroxylation is 1. The van der Waals surface area contributed by atoms with Crippen LogP contribution in [-0.4, -0.2) is 50.6 Å². The molecule has 1 aromatic rings.